The Morgan fingerprint density at radius 2 is 1.71 bits per heavy atom. The van der Waals surface area contributed by atoms with Crippen LogP contribution in [-0.4, -0.2) is 39.4 Å². The average molecular weight is 401 g/mol. The quantitative estimate of drug-likeness (QED) is 0.753. The lowest BCUT2D eigenvalue weighted by molar-refractivity contribution is -0.126. The van der Waals surface area contributed by atoms with Crippen LogP contribution in [0, 0.1) is 0 Å². The SMILES string of the molecule is COc1ccccc1NS(=O)(=O)c1ccc(/C=C/C(=O)N2CCCCC2)cc1. The van der Waals surface area contributed by atoms with Gasteiger partial charge in [0.2, 0.25) is 5.91 Å². The van der Waals surface area contributed by atoms with Gasteiger partial charge in [-0.1, -0.05) is 24.3 Å². The highest BCUT2D eigenvalue weighted by molar-refractivity contribution is 7.92. The summed E-state index contributed by atoms with van der Waals surface area (Å²) in [6.45, 7) is 1.60. The summed E-state index contributed by atoms with van der Waals surface area (Å²) in [6, 6.07) is 13.2. The maximum atomic E-state index is 12.6. The number of piperidine rings is 1. The van der Waals surface area contributed by atoms with Crippen molar-refractivity contribution in [1.29, 1.82) is 0 Å². The van der Waals surface area contributed by atoms with Crippen molar-refractivity contribution in [3.63, 3.8) is 0 Å². The largest absolute Gasteiger partial charge is 0.495 e. The number of carbonyl (C=O) groups is 1. The minimum atomic E-state index is -3.74. The number of methoxy groups -OCH3 is 1. The van der Waals surface area contributed by atoms with Crippen molar-refractivity contribution in [2.45, 2.75) is 24.2 Å². The van der Waals surface area contributed by atoms with Crippen LogP contribution in [0.3, 0.4) is 0 Å². The first-order valence-corrected chi connectivity index (χ1v) is 10.7. The fourth-order valence-electron chi connectivity index (χ4n) is 3.08. The molecule has 0 bridgehead atoms. The van der Waals surface area contributed by atoms with Gasteiger partial charge in [0.25, 0.3) is 10.0 Å². The molecule has 1 fully saturated rings. The maximum absolute atomic E-state index is 12.6. The molecule has 0 unspecified atom stereocenters. The van der Waals surface area contributed by atoms with Gasteiger partial charge in [-0.05, 0) is 55.2 Å². The number of sulfonamides is 1. The molecule has 6 nitrogen and oxygen atoms in total. The first kappa shape index (κ1) is 19.9. The van der Waals surface area contributed by atoms with Crippen LogP contribution in [0.15, 0.2) is 59.5 Å². The molecule has 28 heavy (non-hydrogen) atoms. The summed E-state index contributed by atoms with van der Waals surface area (Å²) >= 11 is 0. The number of hydrogen-bond acceptors (Lipinski definition) is 4. The summed E-state index contributed by atoms with van der Waals surface area (Å²) in [7, 11) is -2.25. The zero-order valence-electron chi connectivity index (χ0n) is 15.8. The number of rotatable bonds is 6. The number of carbonyl (C=O) groups excluding carboxylic acids is 1. The standard InChI is InChI=1S/C21H24N2O4S/c1-27-20-8-4-3-7-19(20)22-28(25,26)18-12-9-17(10-13-18)11-14-21(24)23-15-5-2-6-16-23/h3-4,7-14,22H,2,5-6,15-16H2,1H3/b14-11+. The highest BCUT2D eigenvalue weighted by atomic mass is 32.2. The molecule has 2 aromatic carbocycles. The predicted octanol–water partition coefficient (Wildman–Crippen LogP) is 3.52. The number of nitrogens with one attached hydrogen (secondary N) is 1. The summed E-state index contributed by atoms with van der Waals surface area (Å²) in [6.07, 6.45) is 6.52. The van der Waals surface area contributed by atoms with Gasteiger partial charge in [0.05, 0.1) is 17.7 Å². The lowest BCUT2D eigenvalue weighted by Gasteiger charge is -2.25. The van der Waals surface area contributed by atoms with Crippen LogP contribution in [0.1, 0.15) is 24.8 Å². The van der Waals surface area contributed by atoms with E-state index in [0.717, 1.165) is 31.5 Å². The number of para-hydroxylation sites is 2. The van der Waals surface area contributed by atoms with Crippen molar-refractivity contribution in [1.82, 2.24) is 4.90 Å². The van der Waals surface area contributed by atoms with Crippen LogP contribution in [0.2, 0.25) is 0 Å². The Hall–Kier alpha value is -2.80. The molecule has 2 aromatic rings. The van der Waals surface area contributed by atoms with Gasteiger partial charge < -0.3 is 9.64 Å². The molecule has 7 heteroatoms. The third kappa shape index (κ3) is 4.92. The predicted molar refractivity (Wildman–Crippen MR) is 110 cm³/mol. The Balaban J connectivity index is 1.69. The van der Waals surface area contributed by atoms with Gasteiger partial charge in [0.1, 0.15) is 5.75 Å². The van der Waals surface area contributed by atoms with Crippen LogP contribution in [0.4, 0.5) is 5.69 Å². The molecular weight excluding hydrogens is 376 g/mol. The van der Waals surface area contributed by atoms with E-state index in [2.05, 4.69) is 4.72 Å². The molecule has 1 aliphatic heterocycles. The summed E-state index contributed by atoms with van der Waals surface area (Å²) in [5, 5.41) is 0. The molecule has 0 radical (unpaired) electrons. The van der Waals surface area contributed by atoms with E-state index in [4.69, 9.17) is 4.74 Å². The zero-order chi connectivity index (χ0) is 20.0. The second kappa shape index (κ2) is 8.93. The minimum Gasteiger partial charge on any atom is -0.495 e. The van der Waals surface area contributed by atoms with Crippen molar-refractivity contribution >= 4 is 27.7 Å². The number of benzene rings is 2. The Morgan fingerprint density at radius 3 is 2.39 bits per heavy atom. The number of hydrogen-bond donors (Lipinski definition) is 1. The Bertz CT molecular complexity index is 947. The van der Waals surface area contributed by atoms with E-state index >= 15 is 0 Å². The van der Waals surface area contributed by atoms with E-state index in [-0.39, 0.29) is 10.8 Å². The molecule has 1 N–H and O–H groups in total. The third-order valence-corrected chi connectivity index (χ3v) is 6.01. The summed E-state index contributed by atoms with van der Waals surface area (Å²) in [5.41, 5.74) is 1.14. The van der Waals surface area contributed by atoms with Gasteiger partial charge in [-0.25, -0.2) is 8.42 Å². The van der Waals surface area contributed by atoms with Crippen molar-refractivity contribution < 1.29 is 17.9 Å². The molecule has 3 rings (SSSR count). The van der Waals surface area contributed by atoms with Crippen LogP contribution in [0.5, 0.6) is 5.75 Å². The normalized spacial score (nSPS) is 14.8. The van der Waals surface area contributed by atoms with Gasteiger partial charge >= 0.3 is 0 Å². The van der Waals surface area contributed by atoms with E-state index < -0.39 is 10.0 Å². The Morgan fingerprint density at radius 1 is 1.04 bits per heavy atom. The summed E-state index contributed by atoms with van der Waals surface area (Å²) < 4.78 is 32.9. The minimum absolute atomic E-state index is 0.00534. The fourth-order valence-corrected chi connectivity index (χ4v) is 4.15. The average Bonchev–Trinajstić information content (AvgIpc) is 2.73. The molecule has 0 atom stereocenters. The van der Waals surface area contributed by atoms with Crippen LogP contribution >= 0.6 is 0 Å². The highest BCUT2D eigenvalue weighted by Gasteiger charge is 2.16. The molecule has 1 amide bonds. The summed E-state index contributed by atoms with van der Waals surface area (Å²) in [5.74, 6) is 0.441. The van der Waals surface area contributed by atoms with Crippen LogP contribution in [0.25, 0.3) is 6.08 Å². The molecule has 148 valence electrons. The number of likely N-dealkylation sites (tertiary alicyclic amines) is 1. The maximum Gasteiger partial charge on any atom is 0.262 e. The zero-order valence-corrected chi connectivity index (χ0v) is 16.6. The lowest BCUT2D eigenvalue weighted by atomic mass is 10.1. The smallest absolute Gasteiger partial charge is 0.262 e. The van der Waals surface area contributed by atoms with E-state index in [1.54, 1.807) is 48.6 Å². The Labute approximate surface area is 165 Å². The first-order chi connectivity index (χ1) is 13.5. The first-order valence-electron chi connectivity index (χ1n) is 9.22. The van der Waals surface area contributed by atoms with Gasteiger partial charge in [0.15, 0.2) is 0 Å². The molecule has 0 aromatic heterocycles. The lowest BCUT2D eigenvalue weighted by Crippen LogP contribution is -2.34. The fraction of sp³-hybridized carbons (Fsp3) is 0.286. The van der Waals surface area contributed by atoms with E-state index in [0.29, 0.717) is 11.4 Å². The molecule has 1 saturated heterocycles. The van der Waals surface area contributed by atoms with Crippen molar-refractivity contribution in [3.8, 4) is 5.75 Å². The molecular formula is C21H24N2O4S. The highest BCUT2D eigenvalue weighted by Crippen LogP contribution is 2.26. The number of ether oxygens (including phenoxy) is 1. The number of nitrogens with zero attached hydrogens (tertiary/aromatic N) is 1. The van der Waals surface area contributed by atoms with Gasteiger partial charge in [-0.15, -0.1) is 0 Å². The van der Waals surface area contributed by atoms with Gasteiger partial charge in [0, 0.05) is 19.2 Å². The second-order valence-corrected chi connectivity index (χ2v) is 8.28. The molecule has 0 aliphatic carbocycles. The second-order valence-electron chi connectivity index (χ2n) is 6.59. The van der Waals surface area contributed by atoms with E-state index in [1.165, 1.54) is 25.7 Å². The molecule has 1 heterocycles. The van der Waals surface area contributed by atoms with E-state index in [9.17, 15) is 13.2 Å². The molecule has 0 spiro atoms. The van der Waals surface area contributed by atoms with Gasteiger partial charge in [-0.2, -0.15) is 0 Å². The number of anilines is 1. The molecule has 0 saturated carbocycles. The van der Waals surface area contributed by atoms with Crippen LogP contribution in [-0.2, 0) is 14.8 Å². The number of amides is 1. The van der Waals surface area contributed by atoms with E-state index in [1.807, 2.05) is 4.90 Å². The molecule has 1 aliphatic rings. The summed E-state index contributed by atoms with van der Waals surface area (Å²) in [4.78, 5) is 14.2. The van der Waals surface area contributed by atoms with Crippen molar-refractivity contribution in [2.24, 2.45) is 0 Å². The monoisotopic (exact) mass is 400 g/mol. The van der Waals surface area contributed by atoms with Crippen molar-refractivity contribution in [2.75, 3.05) is 24.9 Å². The van der Waals surface area contributed by atoms with Crippen molar-refractivity contribution in [3.05, 3.63) is 60.2 Å². The topological polar surface area (TPSA) is 75.7 Å². The Kier molecular flexibility index (Phi) is 6.36. The van der Waals surface area contributed by atoms with Gasteiger partial charge in [-0.3, -0.25) is 9.52 Å². The van der Waals surface area contributed by atoms with Crippen LogP contribution < -0.4 is 9.46 Å². The third-order valence-electron chi connectivity index (χ3n) is 4.63.